The highest BCUT2D eigenvalue weighted by molar-refractivity contribution is 5.94. The Hall–Kier alpha value is -2.50. The predicted molar refractivity (Wildman–Crippen MR) is 61.0 cm³/mol. The van der Waals surface area contributed by atoms with Gasteiger partial charge < -0.3 is 14.1 Å². The number of H-pyrrole nitrogens is 2. The fraction of sp³-hybridized carbons (Fsp3) is 0.0909. The molecule has 3 rings (SSSR count). The van der Waals surface area contributed by atoms with Gasteiger partial charge in [-0.3, -0.25) is 0 Å². The molecular formula is C11H9N3O3. The monoisotopic (exact) mass is 231 g/mol. The molecule has 6 heteroatoms. The third kappa shape index (κ3) is 1.50. The summed E-state index contributed by atoms with van der Waals surface area (Å²) >= 11 is 0. The molecule has 86 valence electrons. The first-order chi connectivity index (χ1) is 8.28. The van der Waals surface area contributed by atoms with E-state index in [9.17, 15) is 4.79 Å². The molecule has 0 saturated heterocycles. The zero-order valence-corrected chi connectivity index (χ0v) is 8.98. The molecule has 0 saturated carbocycles. The minimum absolute atomic E-state index is 0.259. The first kappa shape index (κ1) is 9.71. The van der Waals surface area contributed by atoms with Crippen molar-refractivity contribution in [3.05, 3.63) is 34.9 Å². The molecule has 0 aliphatic heterocycles. The van der Waals surface area contributed by atoms with Gasteiger partial charge in [0.25, 0.3) is 5.89 Å². The Kier molecular flexibility index (Phi) is 2.01. The van der Waals surface area contributed by atoms with Gasteiger partial charge in [-0.25, -0.2) is 9.89 Å². The summed E-state index contributed by atoms with van der Waals surface area (Å²) in [5.74, 6) is 0.419. The summed E-state index contributed by atoms with van der Waals surface area (Å²) in [6.07, 6.45) is 1.74. The molecule has 1 aromatic carbocycles. The summed E-state index contributed by atoms with van der Waals surface area (Å²) in [5.41, 5.74) is 1.64. The molecule has 0 radical (unpaired) electrons. The van der Waals surface area contributed by atoms with Crippen molar-refractivity contribution < 1.29 is 9.15 Å². The summed E-state index contributed by atoms with van der Waals surface area (Å²) in [7, 11) is 1.60. The molecule has 2 N–H and O–H groups in total. The van der Waals surface area contributed by atoms with Gasteiger partial charge in [0.2, 0.25) is 0 Å². The molecule has 0 bridgehead atoms. The van der Waals surface area contributed by atoms with E-state index in [0.717, 1.165) is 22.2 Å². The van der Waals surface area contributed by atoms with Gasteiger partial charge in [0.05, 0.1) is 12.7 Å². The van der Waals surface area contributed by atoms with Crippen molar-refractivity contribution in [2.45, 2.75) is 0 Å². The van der Waals surface area contributed by atoms with E-state index in [0.29, 0.717) is 0 Å². The summed E-state index contributed by atoms with van der Waals surface area (Å²) in [6.45, 7) is 0. The molecule has 6 nitrogen and oxygen atoms in total. The van der Waals surface area contributed by atoms with E-state index in [1.54, 1.807) is 13.3 Å². The molecular weight excluding hydrogens is 222 g/mol. The zero-order valence-electron chi connectivity index (χ0n) is 8.98. The molecule has 17 heavy (non-hydrogen) atoms. The van der Waals surface area contributed by atoms with E-state index in [4.69, 9.17) is 9.15 Å². The second kappa shape index (κ2) is 3.51. The van der Waals surface area contributed by atoms with Crippen LogP contribution < -0.4 is 10.5 Å². The Morgan fingerprint density at radius 3 is 3.00 bits per heavy atom. The van der Waals surface area contributed by atoms with Crippen LogP contribution in [0.4, 0.5) is 0 Å². The molecule has 0 spiro atoms. The van der Waals surface area contributed by atoms with E-state index in [1.165, 1.54) is 0 Å². The van der Waals surface area contributed by atoms with Gasteiger partial charge in [-0.15, -0.1) is 5.10 Å². The average molecular weight is 231 g/mol. The number of nitrogens with zero attached hydrogens (tertiary/aromatic N) is 1. The van der Waals surface area contributed by atoms with Crippen molar-refractivity contribution in [2.24, 2.45) is 0 Å². The van der Waals surface area contributed by atoms with Crippen LogP contribution in [-0.4, -0.2) is 22.3 Å². The lowest BCUT2D eigenvalue weighted by atomic mass is 10.1. The Balaban J connectivity index is 2.26. The van der Waals surface area contributed by atoms with Gasteiger partial charge in [-0.1, -0.05) is 0 Å². The minimum Gasteiger partial charge on any atom is -0.497 e. The largest absolute Gasteiger partial charge is 0.497 e. The van der Waals surface area contributed by atoms with Crippen molar-refractivity contribution in [1.82, 2.24) is 15.2 Å². The number of aromatic amines is 2. The number of methoxy groups -OCH3 is 1. The van der Waals surface area contributed by atoms with Gasteiger partial charge in [0.1, 0.15) is 5.75 Å². The van der Waals surface area contributed by atoms with Crippen molar-refractivity contribution >= 4 is 10.9 Å². The smallest absolute Gasteiger partial charge is 0.434 e. The predicted octanol–water partition coefficient (Wildman–Crippen LogP) is 1.52. The Labute approximate surface area is 95.2 Å². The normalized spacial score (nSPS) is 10.9. The van der Waals surface area contributed by atoms with E-state index >= 15 is 0 Å². The third-order valence-corrected chi connectivity index (χ3v) is 2.56. The van der Waals surface area contributed by atoms with E-state index in [-0.39, 0.29) is 5.89 Å². The number of hydrogen-bond donors (Lipinski definition) is 2. The van der Waals surface area contributed by atoms with E-state index in [2.05, 4.69) is 15.2 Å². The van der Waals surface area contributed by atoms with Crippen molar-refractivity contribution in [3.8, 4) is 17.2 Å². The van der Waals surface area contributed by atoms with Gasteiger partial charge in [-0.2, -0.15) is 0 Å². The molecule has 0 atom stereocenters. The Bertz CT molecular complexity index is 723. The van der Waals surface area contributed by atoms with Crippen LogP contribution in [0, 0.1) is 0 Å². The number of rotatable bonds is 2. The number of fused-ring (bicyclic) bond motifs is 1. The maximum absolute atomic E-state index is 10.9. The van der Waals surface area contributed by atoms with Gasteiger partial charge in [0, 0.05) is 17.1 Å². The molecule has 0 unspecified atom stereocenters. The van der Waals surface area contributed by atoms with Crippen LogP contribution in [0.2, 0.25) is 0 Å². The van der Waals surface area contributed by atoms with Crippen molar-refractivity contribution in [1.29, 1.82) is 0 Å². The molecule has 0 aliphatic carbocycles. The maximum Gasteiger partial charge on any atom is 0.434 e. The highest BCUT2D eigenvalue weighted by Crippen LogP contribution is 2.29. The number of benzene rings is 1. The van der Waals surface area contributed by atoms with Gasteiger partial charge in [0.15, 0.2) is 0 Å². The van der Waals surface area contributed by atoms with E-state index in [1.807, 2.05) is 18.2 Å². The van der Waals surface area contributed by atoms with Crippen LogP contribution in [0.15, 0.2) is 33.6 Å². The molecule has 2 aromatic heterocycles. The van der Waals surface area contributed by atoms with Crippen LogP contribution in [0.25, 0.3) is 22.4 Å². The summed E-state index contributed by atoms with van der Waals surface area (Å²) in [5, 5.41) is 6.92. The van der Waals surface area contributed by atoms with Crippen molar-refractivity contribution in [2.75, 3.05) is 7.11 Å². The van der Waals surface area contributed by atoms with Crippen LogP contribution >= 0.6 is 0 Å². The van der Waals surface area contributed by atoms with Crippen LogP contribution in [0.1, 0.15) is 0 Å². The van der Waals surface area contributed by atoms with Gasteiger partial charge in [-0.05, 0) is 18.2 Å². The SMILES string of the molecule is COc1ccc2[nH]cc(-c3n[nH]c(=O)o3)c2c1. The second-order valence-corrected chi connectivity index (χ2v) is 3.53. The Morgan fingerprint density at radius 1 is 1.41 bits per heavy atom. The van der Waals surface area contributed by atoms with Crippen LogP contribution in [-0.2, 0) is 0 Å². The highest BCUT2D eigenvalue weighted by atomic mass is 16.5. The Morgan fingerprint density at radius 2 is 2.29 bits per heavy atom. The molecule has 0 amide bonds. The molecule has 3 aromatic rings. The topological polar surface area (TPSA) is 83.9 Å². The van der Waals surface area contributed by atoms with Gasteiger partial charge >= 0.3 is 5.76 Å². The number of aromatic nitrogens is 3. The zero-order chi connectivity index (χ0) is 11.8. The first-order valence-corrected chi connectivity index (χ1v) is 4.99. The number of hydrogen-bond acceptors (Lipinski definition) is 4. The standard InChI is InChI=1S/C11H9N3O3/c1-16-6-2-3-9-7(4-6)8(5-12-9)10-13-14-11(15)17-10/h2-5,12H,1H3,(H,14,15). The third-order valence-electron chi connectivity index (χ3n) is 2.56. The molecule has 2 heterocycles. The summed E-state index contributed by atoms with van der Waals surface area (Å²) < 4.78 is 10.1. The summed E-state index contributed by atoms with van der Waals surface area (Å²) in [4.78, 5) is 14.0. The highest BCUT2D eigenvalue weighted by Gasteiger charge is 2.12. The fourth-order valence-corrected chi connectivity index (χ4v) is 1.75. The van der Waals surface area contributed by atoms with Crippen LogP contribution in [0.3, 0.4) is 0 Å². The maximum atomic E-state index is 10.9. The quantitative estimate of drug-likeness (QED) is 0.700. The van der Waals surface area contributed by atoms with Crippen molar-refractivity contribution in [3.63, 3.8) is 0 Å². The average Bonchev–Trinajstić information content (AvgIpc) is 2.93. The number of nitrogens with one attached hydrogen (secondary N) is 2. The van der Waals surface area contributed by atoms with Crippen LogP contribution in [0.5, 0.6) is 5.75 Å². The number of ether oxygens (including phenoxy) is 1. The summed E-state index contributed by atoms with van der Waals surface area (Å²) in [6, 6.07) is 5.60. The minimum atomic E-state index is -0.572. The lowest BCUT2D eigenvalue weighted by Crippen LogP contribution is -1.93. The lowest BCUT2D eigenvalue weighted by Gasteiger charge is -1.99. The van der Waals surface area contributed by atoms with E-state index < -0.39 is 5.76 Å². The second-order valence-electron chi connectivity index (χ2n) is 3.53. The first-order valence-electron chi connectivity index (χ1n) is 4.99. The molecule has 0 fully saturated rings. The molecule has 0 aliphatic rings. The lowest BCUT2D eigenvalue weighted by molar-refractivity contribution is 0.415. The fourth-order valence-electron chi connectivity index (χ4n) is 1.75.